The standard InChI is InChI=1S/C12H18O2S2/c1-12(2,3)16(13,14)11-8-15-10-7-5-4-6-9(10)11/h8H,4-7H2,1-3H3. The molecule has 0 aromatic carbocycles. The SMILES string of the molecule is CC(C)(C)S(=O)(=O)c1csc2c1CCCC2. The van der Waals surface area contributed by atoms with Crippen LogP contribution >= 0.6 is 11.3 Å². The molecule has 2 nitrogen and oxygen atoms in total. The van der Waals surface area contributed by atoms with Gasteiger partial charge in [-0.2, -0.15) is 0 Å². The van der Waals surface area contributed by atoms with Crippen LogP contribution in [0, 0.1) is 0 Å². The van der Waals surface area contributed by atoms with Crippen molar-refractivity contribution < 1.29 is 8.42 Å². The van der Waals surface area contributed by atoms with Gasteiger partial charge in [0.2, 0.25) is 0 Å². The molecular weight excluding hydrogens is 240 g/mol. The molecule has 0 aliphatic heterocycles. The lowest BCUT2D eigenvalue weighted by Gasteiger charge is -2.21. The molecule has 0 radical (unpaired) electrons. The van der Waals surface area contributed by atoms with Crippen molar-refractivity contribution in [3.05, 3.63) is 15.8 Å². The third kappa shape index (κ3) is 1.82. The normalized spacial score (nSPS) is 17.2. The number of hydrogen-bond donors (Lipinski definition) is 0. The summed E-state index contributed by atoms with van der Waals surface area (Å²) in [7, 11) is -3.16. The highest BCUT2D eigenvalue weighted by Gasteiger charge is 2.34. The topological polar surface area (TPSA) is 34.1 Å². The number of hydrogen-bond acceptors (Lipinski definition) is 3. The smallest absolute Gasteiger partial charge is 0.184 e. The Hall–Kier alpha value is -0.350. The zero-order chi connectivity index (χ0) is 12.0. The molecule has 1 aromatic rings. The van der Waals surface area contributed by atoms with Gasteiger partial charge in [-0.3, -0.25) is 0 Å². The summed E-state index contributed by atoms with van der Waals surface area (Å²) in [6.07, 6.45) is 4.31. The van der Waals surface area contributed by atoms with Crippen molar-refractivity contribution in [2.24, 2.45) is 0 Å². The third-order valence-corrected chi connectivity index (χ3v) is 6.91. The molecule has 90 valence electrons. The molecule has 1 aliphatic rings. The minimum absolute atomic E-state index is 0.597. The second-order valence-corrected chi connectivity index (χ2v) is 8.96. The van der Waals surface area contributed by atoms with E-state index >= 15 is 0 Å². The maximum Gasteiger partial charge on any atom is 0.184 e. The fourth-order valence-electron chi connectivity index (χ4n) is 2.02. The maximum atomic E-state index is 12.4. The van der Waals surface area contributed by atoms with Crippen molar-refractivity contribution in [1.29, 1.82) is 0 Å². The van der Waals surface area contributed by atoms with Crippen LogP contribution in [0.15, 0.2) is 10.3 Å². The minimum atomic E-state index is -3.16. The Morgan fingerprint density at radius 2 is 1.81 bits per heavy atom. The summed E-state index contributed by atoms with van der Waals surface area (Å²) < 4.78 is 24.1. The predicted octanol–water partition coefficient (Wildman–Crippen LogP) is 3.20. The fraction of sp³-hybridized carbons (Fsp3) is 0.667. The average Bonchev–Trinajstić information content (AvgIpc) is 2.59. The summed E-state index contributed by atoms with van der Waals surface area (Å²) in [6.45, 7) is 5.32. The van der Waals surface area contributed by atoms with E-state index in [2.05, 4.69) is 0 Å². The number of sulfone groups is 1. The maximum absolute atomic E-state index is 12.4. The highest BCUT2D eigenvalue weighted by atomic mass is 32.2. The molecule has 1 aliphatic carbocycles. The average molecular weight is 258 g/mol. The van der Waals surface area contributed by atoms with Gasteiger partial charge < -0.3 is 0 Å². The van der Waals surface area contributed by atoms with E-state index < -0.39 is 14.6 Å². The first-order valence-electron chi connectivity index (χ1n) is 5.68. The van der Waals surface area contributed by atoms with Crippen LogP contribution in [0.1, 0.15) is 44.1 Å². The van der Waals surface area contributed by atoms with Crippen LogP contribution in [0.25, 0.3) is 0 Å². The zero-order valence-electron chi connectivity index (χ0n) is 10.0. The predicted molar refractivity (Wildman–Crippen MR) is 67.9 cm³/mol. The highest BCUT2D eigenvalue weighted by Crippen LogP contribution is 2.36. The summed E-state index contributed by atoms with van der Waals surface area (Å²) in [5.41, 5.74) is 1.10. The van der Waals surface area contributed by atoms with Gasteiger partial charge in [-0.15, -0.1) is 11.3 Å². The summed E-state index contributed by atoms with van der Waals surface area (Å²) >= 11 is 1.62. The summed E-state index contributed by atoms with van der Waals surface area (Å²) in [5, 5.41) is 1.84. The van der Waals surface area contributed by atoms with Gasteiger partial charge in [0.25, 0.3) is 0 Å². The van der Waals surface area contributed by atoms with E-state index in [9.17, 15) is 8.42 Å². The largest absolute Gasteiger partial charge is 0.223 e. The number of rotatable bonds is 1. The van der Waals surface area contributed by atoms with Gasteiger partial charge >= 0.3 is 0 Å². The van der Waals surface area contributed by atoms with E-state index in [1.165, 1.54) is 11.3 Å². The Balaban J connectivity index is 2.54. The lowest BCUT2D eigenvalue weighted by Crippen LogP contribution is -2.28. The van der Waals surface area contributed by atoms with Crippen molar-refractivity contribution in [3.63, 3.8) is 0 Å². The Morgan fingerprint density at radius 3 is 2.44 bits per heavy atom. The van der Waals surface area contributed by atoms with Gasteiger partial charge in [0.1, 0.15) is 0 Å². The molecule has 0 saturated carbocycles. The Morgan fingerprint density at radius 1 is 1.19 bits per heavy atom. The van der Waals surface area contributed by atoms with Gasteiger partial charge in [-0.05, 0) is 52.0 Å². The number of aryl methyl sites for hydroxylation is 1. The molecule has 1 heterocycles. The first-order valence-corrected chi connectivity index (χ1v) is 8.04. The van der Waals surface area contributed by atoms with E-state index in [1.807, 2.05) is 5.38 Å². The van der Waals surface area contributed by atoms with Gasteiger partial charge in [0.05, 0.1) is 9.64 Å². The molecule has 0 unspecified atom stereocenters. The molecule has 0 bridgehead atoms. The third-order valence-electron chi connectivity index (χ3n) is 3.12. The van der Waals surface area contributed by atoms with Crippen molar-refractivity contribution in [2.45, 2.75) is 56.1 Å². The van der Waals surface area contributed by atoms with Crippen molar-refractivity contribution in [3.8, 4) is 0 Å². The van der Waals surface area contributed by atoms with E-state index in [4.69, 9.17) is 0 Å². The molecular formula is C12H18O2S2. The van der Waals surface area contributed by atoms with Crippen LogP contribution in [0.4, 0.5) is 0 Å². The summed E-state index contributed by atoms with van der Waals surface area (Å²) in [6, 6.07) is 0. The second-order valence-electron chi connectivity index (χ2n) is 5.32. The molecule has 1 aromatic heterocycles. The number of fused-ring (bicyclic) bond motifs is 1. The van der Waals surface area contributed by atoms with Gasteiger partial charge in [-0.25, -0.2) is 8.42 Å². The van der Waals surface area contributed by atoms with E-state index in [-0.39, 0.29) is 0 Å². The van der Waals surface area contributed by atoms with Crippen molar-refractivity contribution >= 4 is 21.2 Å². The molecule has 0 amide bonds. The molecule has 0 fully saturated rings. The summed E-state index contributed by atoms with van der Waals surface area (Å²) in [4.78, 5) is 1.88. The quantitative estimate of drug-likeness (QED) is 0.775. The van der Waals surface area contributed by atoms with E-state index in [1.54, 1.807) is 32.1 Å². The fourth-order valence-corrected chi connectivity index (χ4v) is 4.95. The first-order chi connectivity index (χ1) is 7.34. The van der Waals surface area contributed by atoms with Crippen LogP contribution in [-0.4, -0.2) is 13.2 Å². The van der Waals surface area contributed by atoms with Crippen LogP contribution in [-0.2, 0) is 22.7 Å². The van der Waals surface area contributed by atoms with E-state index in [0.29, 0.717) is 4.90 Å². The molecule has 0 atom stereocenters. The Kier molecular flexibility index (Phi) is 2.91. The molecule has 16 heavy (non-hydrogen) atoms. The molecule has 0 spiro atoms. The minimum Gasteiger partial charge on any atom is -0.223 e. The lowest BCUT2D eigenvalue weighted by atomic mass is 10.00. The summed E-state index contributed by atoms with van der Waals surface area (Å²) in [5.74, 6) is 0. The molecule has 0 saturated heterocycles. The number of thiophene rings is 1. The van der Waals surface area contributed by atoms with Crippen LogP contribution in [0.3, 0.4) is 0 Å². The zero-order valence-corrected chi connectivity index (χ0v) is 11.7. The van der Waals surface area contributed by atoms with Crippen molar-refractivity contribution in [1.82, 2.24) is 0 Å². The Bertz CT molecular complexity index is 490. The lowest BCUT2D eigenvalue weighted by molar-refractivity contribution is 0.558. The molecule has 0 N–H and O–H groups in total. The molecule has 2 rings (SSSR count). The highest BCUT2D eigenvalue weighted by molar-refractivity contribution is 7.93. The van der Waals surface area contributed by atoms with Gasteiger partial charge in [0.15, 0.2) is 9.84 Å². The second kappa shape index (κ2) is 3.84. The van der Waals surface area contributed by atoms with Crippen molar-refractivity contribution in [2.75, 3.05) is 0 Å². The Labute approximate surface area is 102 Å². The van der Waals surface area contributed by atoms with Crippen LogP contribution < -0.4 is 0 Å². The first kappa shape index (κ1) is 12.1. The van der Waals surface area contributed by atoms with Crippen LogP contribution in [0.5, 0.6) is 0 Å². The monoisotopic (exact) mass is 258 g/mol. The molecule has 4 heteroatoms. The van der Waals surface area contributed by atoms with Gasteiger partial charge in [-0.1, -0.05) is 0 Å². The van der Waals surface area contributed by atoms with E-state index in [0.717, 1.165) is 24.8 Å². The van der Waals surface area contributed by atoms with Crippen LogP contribution in [0.2, 0.25) is 0 Å². The van der Waals surface area contributed by atoms with Gasteiger partial charge in [0, 0.05) is 10.3 Å².